The van der Waals surface area contributed by atoms with Gasteiger partial charge < -0.3 is 0 Å². The molecule has 4 nitrogen and oxygen atoms in total. The molecule has 0 radical (unpaired) electrons. The standard InChI is InChI=1S/C8H15NO3/c1-3-4-5-6-8(11)9(7-10)12-2/h7H,3-6H2,1-2H3. The van der Waals surface area contributed by atoms with Crippen LogP contribution in [0.15, 0.2) is 0 Å². The highest BCUT2D eigenvalue weighted by molar-refractivity contribution is 5.84. The fourth-order valence-electron chi connectivity index (χ4n) is 0.840. The Morgan fingerprint density at radius 2 is 2.17 bits per heavy atom. The van der Waals surface area contributed by atoms with Gasteiger partial charge in [-0.2, -0.15) is 5.06 Å². The minimum Gasteiger partial charge on any atom is -0.276 e. The van der Waals surface area contributed by atoms with E-state index in [4.69, 9.17) is 0 Å². The van der Waals surface area contributed by atoms with E-state index in [1.54, 1.807) is 0 Å². The minimum absolute atomic E-state index is 0.277. The zero-order valence-electron chi connectivity index (χ0n) is 7.58. The molecule has 0 aliphatic carbocycles. The molecule has 0 heterocycles. The lowest BCUT2D eigenvalue weighted by atomic mass is 10.2. The summed E-state index contributed by atoms with van der Waals surface area (Å²) >= 11 is 0. The summed E-state index contributed by atoms with van der Waals surface area (Å²) in [5.74, 6) is -0.277. The smallest absolute Gasteiger partial charge is 0.253 e. The lowest BCUT2D eigenvalue weighted by molar-refractivity contribution is -0.178. The average Bonchev–Trinajstić information content (AvgIpc) is 2.07. The number of amides is 2. The number of carbonyl (C=O) groups is 2. The van der Waals surface area contributed by atoms with Crippen molar-refractivity contribution in [2.75, 3.05) is 7.11 Å². The maximum absolute atomic E-state index is 11.0. The molecule has 0 atom stereocenters. The highest BCUT2D eigenvalue weighted by Gasteiger charge is 2.10. The van der Waals surface area contributed by atoms with E-state index in [2.05, 4.69) is 11.8 Å². The molecule has 2 amide bonds. The molecule has 12 heavy (non-hydrogen) atoms. The number of hydrogen-bond donors (Lipinski definition) is 0. The maximum Gasteiger partial charge on any atom is 0.253 e. The molecule has 0 saturated heterocycles. The Balaban J connectivity index is 3.62. The predicted molar refractivity (Wildman–Crippen MR) is 44.1 cm³/mol. The van der Waals surface area contributed by atoms with E-state index in [1.165, 1.54) is 7.11 Å². The third-order valence-corrected chi connectivity index (χ3v) is 1.53. The summed E-state index contributed by atoms with van der Waals surface area (Å²) in [5, 5.41) is 0.718. The van der Waals surface area contributed by atoms with Crippen LogP contribution in [0, 0.1) is 0 Å². The summed E-state index contributed by atoms with van der Waals surface area (Å²) in [6.45, 7) is 2.05. The van der Waals surface area contributed by atoms with Gasteiger partial charge in [0.1, 0.15) is 0 Å². The third-order valence-electron chi connectivity index (χ3n) is 1.53. The topological polar surface area (TPSA) is 46.6 Å². The number of nitrogens with zero attached hydrogens (tertiary/aromatic N) is 1. The second-order valence-electron chi connectivity index (χ2n) is 2.46. The van der Waals surface area contributed by atoms with E-state index >= 15 is 0 Å². The monoisotopic (exact) mass is 173 g/mol. The third kappa shape index (κ3) is 4.08. The molecule has 0 N–H and O–H groups in total. The second-order valence-corrected chi connectivity index (χ2v) is 2.46. The molecular weight excluding hydrogens is 158 g/mol. The van der Waals surface area contributed by atoms with Crippen molar-refractivity contribution >= 4 is 12.3 Å². The van der Waals surface area contributed by atoms with Crippen LogP contribution < -0.4 is 0 Å². The Morgan fingerprint density at radius 3 is 2.58 bits per heavy atom. The molecule has 70 valence electrons. The molecule has 0 saturated carbocycles. The van der Waals surface area contributed by atoms with Gasteiger partial charge in [-0.05, 0) is 6.42 Å². The molecule has 0 fully saturated rings. The molecular formula is C8H15NO3. The van der Waals surface area contributed by atoms with E-state index in [9.17, 15) is 9.59 Å². The summed E-state index contributed by atoms with van der Waals surface area (Å²) in [5.41, 5.74) is 0. The average molecular weight is 173 g/mol. The first-order chi connectivity index (χ1) is 5.76. The van der Waals surface area contributed by atoms with Crippen molar-refractivity contribution in [3.63, 3.8) is 0 Å². The van der Waals surface area contributed by atoms with Crippen LogP contribution in [0.1, 0.15) is 32.6 Å². The van der Waals surface area contributed by atoms with Crippen LogP contribution in [0.5, 0.6) is 0 Å². The molecule has 0 aromatic heterocycles. The van der Waals surface area contributed by atoms with E-state index in [1.807, 2.05) is 0 Å². The van der Waals surface area contributed by atoms with Crippen LogP contribution in [0.2, 0.25) is 0 Å². The molecule has 0 aromatic carbocycles. The van der Waals surface area contributed by atoms with Crippen LogP contribution in [-0.2, 0) is 14.4 Å². The van der Waals surface area contributed by atoms with Gasteiger partial charge in [-0.15, -0.1) is 0 Å². The molecule has 4 heteroatoms. The molecule has 0 aliphatic rings. The van der Waals surface area contributed by atoms with Crippen molar-refractivity contribution < 1.29 is 14.4 Å². The summed E-state index contributed by atoms with van der Waals surface area (Å²) in [4.78, 5) is 25.7. The SMILES string of the molecule is CCCCCC(=O)N(C=O)OC. The molecule has 0 aromatic rings. The van der Waals surface area contributed by atoms with Crippen molar-refractivity contribution in [1.82, 2.24) is 5.06 Å². The van der Waals surface area contributed by atoms with Gasteiger partial charge >= 0.3 is 0 Å². The number of unbranched alkanes of at least 4 members (excludes halogenated alkanes) is 2. The number of hydroxylamine groups is 2. The summed E-state index contributed by atoms with van der Waals surface area (Å²) < 4.78 is 0. The lowest BCUT2D eigenvalue weighted by Gasteiger charge is -2.10. The van der Waals surface area contributed by atoms with Gasteiger partial charge in [0, 0.05) is 6.42 Å². The fourth-order valence-corrected chi connectivity index (χ4v) is 0.840. The summed E-state index contributed by atoms with van der Waals surface area (Å²) in [6, 6.07) is 0. The fraction of sp³-hybridized carbons (Fsp3) is 0.750. The Hall–Kier alpha value is -0.900. The van der Waals surface area contributed by atoms with Crippen LogP contribution in [-0.4, -0.2) is 24.5 Å². The zero-order valence-corrected chi connectivity index (χ0v) is 7.58. The summed E-state index contributed by atoms with van der Waals surface area (Å²) in [7, 11) is 1.30. The Bertz CT molecular complexity index is 147. The van der Waals surface area contributed by atoms with Crippen LogP contribution in [0.4, 0.5) is 0 Å². The Kier molecular flexibility index (Phi) is 6.28. The molecule has 0 bridgehead atoms. The van der Waals surface area contributed by atoms with Crippen molar-refractivity contribution in [3.05, 3.63) is 0 Å². The molecule has 0 aliphatic heterocycles. The molecule has 0 spiro atoms. The number of carbonyl (C=O) groups excluding carboxylic acids is 2. The number of imide groups is 1. The summed E-state index contributed by atoms with van der Waals surface area (Å²) in [6.07, 6.45) is 3.63. The highest BCUT2D eigenvalue weighted by Crippen LogP contribution is 2.01. The van der Waals surface area contributed by atoms with Gasteiger partial charge in [0.25, 0.3) is 5.91 Å². The van der Waals surface area contributed by atoms with Crippen LogP contribution in [0.3, 0.4) is 0 Å². The Labute approximate surface area is 72.4 Å². The molecule has 0 rings (SSSR count). The zero-order chi connectivity index (χ0) is 9.40. The Morgan fingerprint density at radius 1 is 1.50 bits per heavy atom. The van der Waals surface area contributed by atoms with E-state index in [0.717, 1.165) is 24.3 Å². The van der Waals surface area contributed by atoms with Gasteiger partial charge in [0.15, 0.2) is 0 Å². The van der Waals surface area contributed by atoms with Crippen molar-refractivity contribution in [1.29, 1.82) is 0 Å². The van der Waals surface area contributed by atoms with Gasteiger partial charge in [0.05, 0.1) is 7.11 Å². The first kappa shape index (κ1) is 11.1. The normalized spacial score (nSPS) is 9.50. The first-order valence-corrected chi connectivity index (χ1v) is 4.07. The van der Waals surface area contributed by atoms with Gasteiger partial charge in [-0.1, -0.05) is 19.8 Å². The van der Waals surface area contributed by atoms with Gasteiger partial charge in [-0.25, -0.2) is 0 Å². The van der Waals surface area contributed by atoms with E-state index in [0.29, 0.717) is 12.8 Å². The second kappa shape index (κ2) is 6.79. The lowest BCUT2D eigenvalue weighted by Crippen LogP contribution is -2.27. The minimum atomic E-state index is -0.277. The van der Waals surface area contributed by atoms with Crippen LogP contribution >= 0.6 is 0 Å². The van der Waals surface area contributed by atoms with E-state index < -0.39 is 0 Å². The predicted octanol–water partition coefficient (Wildman–Crippen LogP) is 1.11. The number of hydrogen-bond acceptors (Lipinski definition) is 3. The van der Waals surface area contributed by atoms with Gasteiger partial charge in [0.2, 0.25) is 6.41 Å². The van der Waals surface area contributed by atoms with Gasteiger partial charge in [-0.3, -0.25) is 14.4 Å². The first-order valence-electron chi connectivity index (χ1n) is 4.07. The number of rotatable bonds is 6. The maximum atomic E-state index is 11.0. The van der Waals surface area contributed by atoms with Crippen molar-refractivity contribution in [2.45, 2.75) is 32.6 Å². The van der Waals surface area contributed by atoms with Crippen LogP contribution in [0.25, 0.3) is 0 Å². The largest absolute Gasteiger partial charge is 0.276 e. The van der Waals surface area contributed by atoms with Crippen molar-refractivity contribution in [2.24, 2.45) is 0 Å². The molecule has 0 unspecified atom stereocenters. The highest BCUT2D eigenvalue weighted by atomic mass is 16.7. The quantitative estimate of drug-likeness (QED) is 0.343. The van der Waals surface area contributed by atoms with Crippen molar-refractivity contribution in [3.8, 4) is 0 Å². The van der Waals surface area contributed by atoms with E-state index in [-0.39, 0.29) is 5.91 Å².